The summed E-state index contributed by atoms with van der Waals surface area (Å²) in [6, 6.07) is 27.0. The van der Waals surface area contributed by atoms with Crippen LogP contribution in [0.25, 0.3) is 22.2 Å². The van der Waals surface area contributed by atoms with Crippen LogP contribution in [0.5, 0.6) is 0 Å². The summed E-state index contributed by atoms with van der Waals surface area (Å²) in [6.45, 7) is 4.30. The molecule has 0 unspecified atom stereocenters. The summed E-state index contributed by atoms with van der Waals surface area (Å²) in [4.78, 5) is 15.7. The second-order valence-electron chi connectivity index (χ2n) is 9.01. The molecule has 4 heteroatoms. The van der Waals surface area contributed by atoms with Crippen molar-refractivity contribution in [1.82, 2.24) is 9.47 Å². The van der Waals surface area contributed by atoms with Gasteiger partial charge in [0.15, 0.2) is 0 Å². The lowest BCUT2D eigenvalue weighted by Crippen LogP contribution is -2.30. The third-order valence-corrected chi connectivity index (χ3v) is 6.86. The Balaban J connectivity index is 1.62. The number of hydrogen-bond donors (Lipinski definition) is 0. The minimum Gasteiger partial charge on any atom is -0.381 e. The molecule has 5 rings (SSSR count). The maximum atomic E-state index is 13.6. The Bertz CT molecular complexity index is 1290. The number of carbonyl (C=O) groups is 1. The van der Waals surface area contributed by atoms with Gasteiger partial charge in [-0.2, -0.15) is 0 Å². The third-order valence-electron chi connectivity index (χ3n) is 6.86. The number of aromatic nitrogens is 1. The number of hydrogen-bond acceptors (Lipinski definition) is 2. The fourth-order valence-corrected chi connectivity index (χ4v) is 5.24. The lowest BCUT2D eigenvalue weighted by molar-refractivity contribution is 0.0709. The van der Waals surface area contributed by atoms with Gasteiger partial charge in [-0.05, 0) is 36.1 Å². The number of fused-ring (bicyclic) bond motifs is 2. The van der Waals surface area contributed by atoms with Gasteiger partial charge in [-0.15, -0.1) is 0 Å². The van der Waals surface area contributed by atoms with Crippen LogP contribution in [0.2, 0.25) is 0 Å². The second kappa shape index (κ2) is 9.86. The van der Waals surface area contributed by atoms with Crippen molar-refractivity contribution in [3.05, 3.63) is 95.6 Å². The molecule has 0 aliphatic carbocycles. The van der Waals surface area contributed by atoms with Crippen LogP contribution >= 0.6 is 0 Å². The van der Waals surface area contributed by atoms with Crippen molar-refractivity contribution in [2.75, 3.05) is 19.8 Å². The summed E-state index contributed by atoms with van der Waals surface area (Å²) in [5.74, 6) is 0.112. The zero-order valence-electron chi connectivity index (χ0n) is 20.0. The highest BCUT2D eigenvalue weighted by Gasteiger charge is 2.40. The van der Waals surface area contributed by atoms with Crippen molar-refractivity contribution >= 4 is 16.8 Å². The number of carbonyl (C=O) groups excluding carboxylic acids is 1. The Morgan fingerprint density at radius 1 is 0.853 bits per heavy atom. The van der Waals surface area contributed by atoms with E-state index in [-0.39, 0.29) is 11.9 Å². The summed E-state index contributed by atoms with van der Waals surface area (Å²) in [5, 5.41) is 1.20. The second-order valence-corrected chi connectivity index (χ2v) is 9.01. The molecule has 0 saturated heterocycles. The summed E-state index contributed by atoms with van der Waals surface area (Å²) in [6.07, 6.45) is 3.03. The Morgan fingerprint density at radius 3 is 2.38 bits per heavy atom. The molecule has 0 bridgehead atoms. The van der Waals surface area contributed by atoms with E-state index in [1.807, 2.05) is 24.3 Å². The molecule has 0 saturated carbocycles. The zero-order valence-corrected chi connectivity index (χ0v) is 20.0. The number of benzene rings is 3. The van der Waals surface area contributed by atoms with E-state index in [2.05, 4.69) is 78.0 Å². The Labute approximate surface area is 201 Å². The van der Waals surface area contributed by atoms with Crippen LogP contribution in [-0.4, -0.2) is 35.1 Å². The number of unbranched alkanes of at least 4 members (excludes halogenated alkanes) is 1. The van der Waals surface area contributed by atoms with Gasteiger partial charge >= 0.3 is 0 Å². The molecule has 1 aliphatic heterocycles. The van der Waals surface area contributed by atoms with E-state index in [9.17, 15) is 4.79 Å². The van der Waals surface area contributed by atoms with Gasteiger partial charge in [0.05, 0.1) is 11.7 Å². The van der Waals surface area contributed by atoms with Gasteiger partial charge in [0.1, 0.15) is 0 Å². The molecule has 4 aromatic rings. The topological polar surface area (TPSA) is 34.5 Å². The number of nitrogens with zero attached hydrogens (tertiary/aromatic N) is 2. The Morgan fingerprint density at radius 2 is 1.56 bits per heavy atom. The van der Waals surface area contributed by atoms with Crippen molar-refractivity contribution in [3.8, 4) is 11.3 Å². The molecule has 0 spiro atoms. The molecular weight excluding hydrogens is 420 g/mol. The molecule has 174 valence electrons. The van der Waals surface area contributed by atoms with Crippen LogP contribution in [0.1, 0.15) is 53.7 Å². The molecule has 34 heavy (non-hydrogen) atoms. The highest BCUT2D eigenvalue weighted by molar-refractivity contribution is 6.02. The van der Waals surface area contributed by atoms with Gasteiger partial charge in [-0.1, -0.05) is 80.1 Å². The largest absolute Gasteiger partial charge is 0.381 e. The molecule has 1 aromatic heterocycles. The van der Waals surface area contributed by atoms with E-state index in [1.165, 1.54) is 22.2 Å². The number of aryl methyl sites for hydroxylation is 1. The van der Waals surface area contributed by atoms with Crippen LogP contribution in [-0.2, 0) is 11.8 Å². The van der Waals surface area contributed by atoms with E-state index in [1.54, 1.807) is 0 Å². The third kappa shape index (κ3) is 3.92. The fourth-order valence-electron chi connectivity index (χ4n) is 5.24. The maximum Gasteiger partial charge on any atom is 0.255 e. The monoisotopic (exact) mass is 452 g/mol. The van der Waals surface area contributed by atoms with Gasteiger partial charge in [-0.3, -0.25) is 4.79 Å². The van der Waals surface area contributed by atoms with Crippen molar-refractivity contribution in [1.29, 1.82) is 0 Å². The minimum absolute atomic E-state index is 0.112. The molecule has 1 aliphatic rings. The molecule has 0 radical (unpaired) electrons. The van der Waals surface area contributed by atoms with Gasteiger partial charge in [0.2, 0.25) is 0 Å². The summed E-state index contributed by atoms with van der Waals surface area (Å²) in [5.41, 5.74) is 6.61. The molecule has 1 atom stereocenters. The molecule has 1 amide bonds. The molecule has 0 fully saturated rings. The lowest BCUT2D eigenvalue weighted by Gasteiger charge is -2.27. The standard InChI is InChI=1S/C30H32N2O2/c1-3-4-20-34-21-12-19-32-29(23-15-8-9-16-24(23)30(32)33)27-25-17-10-11-18-26(25)31(2)28(27)22-13-6-5-7-14-22/h5-11,13-18,29H,3-4,12,19-21H2,1-2H3/t29-/m0/s1. The fraction of sp³-hybridized carbons (Fsp3) is 0.300. The number of ether oxygens (including phenoxy) is 1. The normalized spacial score (nSPS) is 15.3. The van der Waals surface area contributed by atoms with Crippen LogP contribution in [0.15, 0.2) is 78.9 Å². The van der Waals surface area contributed by atoms with E-state index in [4.69, 9.17) is 4.74 Å². The number of para-hydroxylation sites is 1. The quantitative estimate of drug-likeness (QED) is 0.268. The predicted molar refractivity (Wildman–Crippen MR) is 138 cm³/mol. The molecule has 2 heterocycles. The zero-order chi connectivity index (χ0) is 23.5. The average molecular weight is 453 g/mol. The first-order valence-corrected chi connectivity index (χ1v) is 12.3. The SMILES string of the molecule is CCCCOCCCN1C(=O)c2ccccc2[C@H]1c1c(-c2ccccc2)n(C)c2ccccc12. The van der Waals surface area contributed by atoms with E-state index in [0.717, 1.165) is 42.6 Å². The first-order valence-electron chi connectivity index (χ1n) is 12.3. The first-order chi connectivity index (χ1) is 16.7. The molecule has 4 nitrogen and oxygen atoms in total. The van der Waals surface area contributed by atoms with E-state index < -0.39 is 0 Å². The van der Waals surface area contributed by atoms with Crippen molar-refractivity contribution in [2.45, 2.75) is 32.2 Å². The van der Waals surface area contributed by atoms with Crippen molar-refractivity contribution < 1.29 is 9.53 Å². The van der Waals surface area contributed by atoms with Crippen LogP contribution in [0, 0.1) is 0 Å². The number of rotatable bonds is 9. The van der Waals surface area contributed by atoms with Crippen molar-refractivity contribution in [3.63, 3.8) is 0 Å². The molecule has 0 N–H and O–H groups in total. The average Bonchev–Trinajstić information content (AvgIpc) is 3.32. The minimum atomic E-state index is -0.124. The summed E-state index contributed by atoms with van der Waals surface area (Å²) in [7, 11) is 2.13. The highest BCUT2D eigenvalue weighted by atomic mass is 16.5. The predicted octanol–water partition coefficient (Wildman–Crippen LogP) is 6.60. The van der Waals surface area contributed by atoms with Crippen molar-refractivity contribution in [2.24, 2.45) is 7.05 Å². The molecular formula is C30H32N2O2. The van der Waals surface area contributed by atoms with Crippen LogP contribution < -0.4 is 0 Å². The smallest absolute Gasteiger partial charge is 0.255 e. The van der Waals surface area contributed by atoms with Gasteiger partial charge in [-0.25, -0.2) is 0 Å². The van der Waals surface area contributed by atoms with Gasteiger partial charge < -0.3 is 14.2 Å². The maximum absolute atomic E-state index is 13.6. The van der Waals surface area contributed by atoms with Crippen LogP contribution in [0.4, 0.5) is 0 Å². The van der Waals surface area contributed by atoms with Gasteiger partial charge in [0, 0.05) is 48.8 Å². The van der Waals surface area contributed by atoms with E-state index in [0.29, 0.717) is 13.2 Å². The first kappa shape index (κ1) is 22.4. The Kier molecular flexibility index (Phi) is 6.50. The summed E-state index contributed by atoms with van der Waals surface area (Å²) >= 11 is 0. The number of amides is 1. The highest BCUT2D eigenvalue weighted by Crippen LogP contribution is 2.46. The van der Waals surface area contributed by atoms with E-state index >= 15 is 0 Å². The van der Waals surface area contributed by atoms with Gasteiger partial charge in [0.25, 0.3) is 5.91 Å². The summed E-state index contributed by atoms with van der Waals surface area (Å²) < 4.78 is 8.09. The Hall–Kier alpha value is -3.37. The molecule has 3 aromatic carbocycles. The lowest BCUT2D eigenvalue weighted by atomic mass is 9.93. The van der Waals surface area contributed by atoms with Crippen LogP contribution in [0.3, 0.4) is 0 Å².